The van der Waals surface area contributed by atoms with Crippen LogP contribution in [0.15, 0.2) is 0 Å². The monoisotopic (exact) mass is 676 g/mol. The molecule has 0 radical (unpaired) electrons. The van der Waals surface area contributed by atoms with E-state index in [-0.39, 0.29) is 0 Å². The number of piperidine rings is 2. The van der Waals surface area contributed by atoms with Crippen molar-refractivity contribution in [1.82, 2.24) is 21.3 Å². The average molecular weight is 676 g/mol. The van der Waals surface area contributed by atoms with E-state index in [9.17, 15) is 0 Å². The number of rotatable bonds is 7. The molecule has 4 bridgehead atoms. The van der Waals surface area contributed by atoms with Crippen molar-refractivity contribution >= 4 is 0 Å². The predicted octanol–water partition coefficient (Wildman–Crippen LogP) is 5.15. The largest absolute Gasteiger partial charge is 0.377 e. The number of nitrogens with one attached hydrogen (secondary N) is 4. The van der Waals surface area contributed by atoms with Crippen LogP contribution < -0.4 is 38.5 Å². The van der Waals surface area contributed by atoms with Gasteiger partial charge in [-0.25, -0.2) is 0 Å². The molecule has 5 saturated carbocycles. The van der Waals surface area contributed by atoms with Gasteiger partial charge in [0.15, 0.2) is 0 Å². The normalized spacial score (nSPS) is 33.6. The van der Waals surface area contributed by atoms with E-state index in [1.54, 1.807) is 0 Å². The summed E-state index contributed by atoms with van der Waals surface area (Å²) in [5.74, 6) is 6.14. The summed E-state index contributed by atoms with van der Waals surface area (Å²) in [6, 6.07) is 0. The van der Waals surface area contributed by atoms with Crippen LogP contribution in [0.4, 0.5) is 0 Å². The summed E-state index contributed by atoms with van der Waals surface area (Å²) >= 11 is 0. The zero-order chi connectivity index (χ0) is 33.7. The highest BCUT2D eigenvalue weighted by molar-refractivity contribution is 5.01. The lowest BCUT2D eigenvalue weighted by atomic mass is 9.50. The molecule has 10 N–H and O–H groups in total. The highest BCUT2D eigenvalue weighted by Crippen LogP contribution is 2.59. The molecule has 0 amide bonds. The Hall–Kier alpha value is -0.320. The second-order valence-electron chi connectivity index (χ2n) is 17.0. The molecule has 1 unspecified atom stereocenters. The van der Waals surface area contributed by atoms with Gasteiger partial charge < -0.3 is 43.2 Å². The van der Waals surface area contributed by atoms with E-state index in [0.717, 1.165) is 87.8 Å². The second-order valence-corrected chi connectivity index (χ2v) is 17.0. The molecule has 48 heavy (non-hydrogen) atoms. The van der Waals surface area contributed by atoms with Gasteiger partial charge in [0.1, 0.15) is 0 Å². The molecule has 282 valence electrons. The summed E-state index contributed by atoms with van der Waals surface area (Å²) in [4.78, 5) is 0. The first kappa shape index (κ1) is 40.5. The van der Waals surface area contributed by atoms with Crippen molar-refractivity contribution in [1.29, 1.82) is 0 Å². The number of hydrogen-bond donors (Lipinski definition) is 7. The fourth-order valence-corrected chi connectivity index (χ4v) is 10.4. The zero-order valence-corrected chi connectivity index (χ0v) is 31.3. The first-order chi connectivity index (χ1) is 23.6. The lowest BCUT2D eigenvalue weighted by molar-refractivity contribution is -0.0468. The van der Waals surface area contributed by atoms with Crippen LogP contribution in [0.5, 0.6) is 0 Å². The van der Waals surface area contributed by atoms with E-state index in [4.69, 9.17) is 21.9 Å². The second kappa shape index (κ2) is 24.0. The maximum atomic E-state index is 5.93. The maximum Gasteiger partial charge on any atom is 0.0698 e. The quantitative estimate of drug-likeness (QED) is 0.197. The molecular weight excluding hydrogens is 594 g/mol. The topological polar surface area (TPSA) is 135 Å². The Kier molecular flexibility index (Phi) is 20.2. The van der Waals surface area contributed by atoms with Crippen LogP contribution in [-0.4, -0.2) is 84.7 Å². The summed E-state index contributed by atoms with van der Waals surface area (Å²) in [5, 5.41) is 13.3. The summed E-state index contributed by atoms with van der Waals surface area (Å²) in [5.41, 5.74) is 17.4. The van der Waals surface area contributed by atoms with Gasteiger partial charge >= 0.3 is 0 Å². The van der Waals surface area contributed by atoms with Crippen LogP contribution in [0.3, 0.4) is 0 Å². The fourth-order valence-electron chi connectivity index (χ4n) is 10.4. The van der Waals surface area contributed by atoms with Gasteiger partial charge in [-0.2, -0.15) is 0 Å². The van der Waals surface area contributed by atoms with E-state index in [2.05, 4.69) is 21.3 Å². The van der Waals surface area contributed by atoms with Gasteiger partial charge in [-0.3, -0.25) is 0 Å². The Balaban J connectivity index is 0.000000142. The van der Waals surface area contributed by atoms with E-state index >= 15 is 0 Å². The number of hydrogen-bond acceptors (Lipinski definition) is 8. The maximum absolute atomic E-state index is 5.93. The summed E-state index contributed by atoms with van der Waals surface area (Å²) in [7, 11) is 0. The van der Waals surface area contributed by atoms with E-state index in [1.807, 2.05) is 0 Å². The number of ether oxygens (including phenoxy) is 1. The Morgan fingerprint density at radius 3 is 1.31 bits per heavy atom. The Labute approximate surface area is 296 Å². The Bertz CT molecular complexity index is 707. The SMILES string of the molecule is C(CC1CCNCC1)CC1CCNCC1.C1CNCCN1.NCC12CC3CC(CC(C3)C1)C2.NCC1CCCCC1.NCC1CCCO1. The van der Waals surface area contributed by atoms with Crippen molar-refractivity contribution in [3.63, 3.8) is 0 Å². The molecule has 9 rings (SSSR count). The van der Waals surface area contributed by atoms with Gasteiger partial charge in [-0.1, -0.05) is 38.5 Å². The molecule has 4 saturated heterocycles. The van der Waals surface area contributed by atoms with Crippen LogP contribution in [0.1, 0.15) is 128 Å². The van der Waals surface area contributed by atoms with Gasteiger partial charge in [-0.15, -0.1) is 0 Å². The van der Waals surface area contributed by atoms with Crippen molar-refractivity contribution < 1.29 is 4.74 Å². The molecule has 4 aliphatic heterocycles. The minimum atomic E-state index is 0.375. The molecule has 5 aliphatic carbocycles. The molecule has 1 atom stereocenters. The van der Waals surface area contributed by atoms with Crippen LogP contribution in [-0.2, 0) is 4.74 Å². The standard InChI is InChI=1S/C13H26N2.C11H19N.C7H15N.C5H11NO.C4H10N2/c1(2-12-4-8-14-9-5-12)3-13-6-10-15-11-7-13;12-7-11-4-8-1-9(5-11)3-10(2-8)6-11;8-6-7-4-2-1-3-5-7;6-4-5-2-1-3-7-5;1-2-6-4-3-5-1/h12-15H,1-11H2;8-10H,1-7,12H2;7H,1-6,8H2;5H,1-4,6H2;5-6H,1-4H2. The van der Waals surface area contributed by atoms with Crippen LogP contribution in [0.2, 0.25) is 0 Å². The molecule has 8 nitrogen and oxygen atoms in total. The number of piperazine rings is 1. The lowest BCUT2D eigenvalue weighted by Crippen LogP contribution is -2.49. The lowest BCUT2D eigenvalue weighted by Gasteiger charge is -2.56. The van der Waals surface area contributed by atoms with Crippen LogP contribution >= 0.6 is 0 Å². The smallest absolute Gasteiger partial charge is 0.0698 e. The van der Waals surface area contributed by atoms with E-state index in [0.29, 0.717) is 18.1 Å². The summed E-state index contributed by atoms with van der Waals surface area (Å²) in [6.45, 7) is 13.1. The molecule has 9 aliphatic rings. The Morgan fingerprint density at radius 1 is 0.500 bits per heavy atom. The molecule has 0 spiro atoms. The fraction of sp³-hybridized carbons (Fsp3) is 1.00. The minimum Gasteiger partial charge on any atom is -0.377 e. The highest BCUT2D eigenvalue weighted by Gasteiger charge is 2.49. The highest BCUT2D eigenvalue weighted by atomic mass is 16.5. The van der Waals surface area contributed by atoms with E-state index < -0.39 is 0 Å². The van der Waals surface area contributed by atoms with Crippen LogP contribution in [0.25, 0.3) is 0 Å². The van der Waals surface area contributed by atoms with Gasteiger partial charge in [0.05, 0.1) is 6.10 Å². The van der Waals surface area contributed by atoms with Crippen LogP contribution in [0, 0.1) is 40.9 Å². The third-order valence-corrected chi connectivity index (χ3v) is 13.0. The molecule has 0 aromatic carbocycles. The summed E-state index contributed by atoms with van der Waals surface area (Å²) in [6.07, 6.45) is 29.0. The molecular formula is C40H81N7O. The van der Waals surface area contributed by atoms with Gasteiger partial charge in [-0.05, 0) is 170 Å². The van der Waals surface area contributed by atoms with Gasteiger partial charge in [0.2, 0.25) is 0 Å². The third kappa shape index (κ3) is 15.5. The molecule has 0 aromatic heterocycles. The first-order valence-corrected chi connectivity index (χ1v) is 21.2. The average Bonchev–Trinajstić information content (AvgIpc) is 3.69. The van der Waals surface area contributed by atoms with Gasteiger partial charge in [0.25, 0.3) is 0 Å². The van der Waals surface area contributed by atoms with Crippen molar-refractivity contribution in [3.8, 4) is 0 Å². The molecule has 8 heteroatoms. The van der Waals surface area contributed by atoms with Crippen molar-refractivity contribution in [2.45, 2.75) is 135 Å². The van der Waals surface area contributed by atoms with E-state index in [1.165, 1.54) is 148 Å². The molecule has 4 heterocycles. The predicted molar refractivity (Wildman–Crippen MR) is 204 cm³/mol. The third-order valence-electron chi connectivity index (χ3n) is 13.0. The summed E-state index contributed by atoms with van der Waals surface area (Å²) < 4.78 is 5.18. The first-order valence-electron chi connectivity index (χ1n) is 21.2. The van der Waals surface area contributed by atoms with Crippen molar-refractivity contribution in [3.05, 3.63) is 0 Å². The van der Waals surface area contributed by atoms with Crippen molar-refractivity contribution in [2.24, 2.45) is 58.1 Å². The number of nitrogens with two attached hydrogens (primary N) is 3. The van der Waals surface area contributed by atoms with Crippen molar-refractivity contribution in [2.75, 3.05) is 78.6 Å². The molecule has 9 fully saturated rings. The Morgan fingerprint density at radius 2 is 0.979 bits per heavy atom. The minimum absolute atomic E-state index is 0.375. The molecule has 0 aromatic rings. The zero-order valence-electron chi connectivity index (χ0n) is 31.3. The van der Waals surface area contributed by atoms with Gasteiger partial charge in [0, 0.05) is 39.3 Å².